The maximum atomic E-state index is 12.9. The number of amides is 1. The molecule has 0 saturated heterocycles. The zero-order chi connectivity index (χ0) is 22.6. The average Bonchev–Trinajstić information content (AvgIpc) is 3.19. The van der Waals surface area contributed by atoms with E-state index in [4.69, 9.17) is 14.6 Å². The van der Waals surface area contributed by atoms with Gasteiger partial charge in [-0.25, -0.2) is 4.79 Å². The van der Waals surface area contributed by atoms with Gasteiger partial charge in [0, 0.05) is 25.1 Å². The Morgan fingerprint density at radius 1 is 1.35 bits per heavy atom. The first-order valence-corrected chi connectivity index (χ1v) is 10.7. The Kier molecular flexibility index (Phi) is 7.37. The number of methoxy groups -OCH3 is 1. The Morgan fingerprint density at radius 3 is 2.61 bits per heavy atom. The van der Waals surface area contributed by atoms with Crippen LogP contribution in [0.4, 0.5) is 13.2 Å². The van der Waals surface area contributed by atoms with E-state index in [2.05, 4.69) is 9.78 Å². The van der Waals surface area contributed by atoms with Crippen LogP contribution < -0.4 is 0 Å². The molecule has 2 aliphatic rings. The van der Waals surface area contributed by atoms with E-state index in [0.717, 1.165) is 30.3 Å². The number of hydrogen-bond acceptors (Lipinski definition) is 5. The number of thiophene rings is 1. The van der Waals surface area contributed by atoms with Gasteiger partial charge in [-0.2, -0.15) is 18.3 Å². The molecular formula is C20H24F3N3O4S. The van der Waals surface area contributed by atoms with Crippen LogP contribution in [0.5, 0.6) is 0 Å². The topological polar surface area (TPSA) is 84.7 Å². The first kappa shape index (κ1) is 23.3. The number of halogens is 3. The zero-order valence-electron chi connectivity index (χ0n) is 17.0. The fourth-order valence-corrected chi connectivity index (χ4v) is 4.23. The Hall–Kier alpha value is -2.40. The van der Waals surface area contributed by atoms with E-state index in [1.807, 2.05) is 28.6 Å². The third-order valence-electron chi connectivity index (χ3n) is 5.19. The van der Waals surface area contributed by atoms with Crippen LogP contribution in [-0.4, -0.2) is 58.1 Å². The van der Waals surface area contributed by atoms with Crippen LogP contribution in [0.3, 0.4) is 0 Å². The Labute approximate surface area is 181 Å². The van der Waals surface area contributed by atoms with Crippen molar-refractivity contribution in [2.24, 2.45) is 5.92 Å². The van der Waals surface area contributed by atoms with Gasteiger partial charge in [0.15, 0.2) is 0 Å². The molecule has 0 aromatic carbocycles. The highest BCUT2D eigenvalue weighted by molar-refractivity contribution is 7.10. The molecular weight excluding hydrogens is 435 g/mol. The molecule has 1 saturated carbocycles. The van der Waals surface area contributed by atoms with Crippen molar-refractivity contribution in [1.29, 1.82) is 0 Å². The van der Waals surface area contributed by atoms with Crippen molar-refractivity contribution in [3.05, 3.63) is 39.8 Å². The first-order valence-electron chi connectivity index (χ1n) is 9.86. The lowest BCUT2D eigenvalue weighted by Gasteiger charge is -2.36. The van der Waals surface area contributed by atoms with Gasteiger partial charge in [-0.3, -0.25) is 9.48 Å². The van der Waals surface area contributed by atoms with Crippen LogP contribution in [0.1, 0.15) is 35.0 Å². The quantitative estimate of drug-likeness (QED) is 0.717. The van der Waals surface area contributed by atoms with Crippen LogP contribution in [0, 0.1) is 5.92 Å². The van der Waals surface area contributed by atoms with Gasteiger partial charge in [0.25, 0.3) is 0 Å². The van der Waals surface area contributed by atoms with Crippen LogP contribution in [-0.2, 0) is 33.7 Å². The predicted octanol–water partition coefficient (Wildman–Crippen LogP) is 3.30. The summed E-state index contributed by atoms with van der Waals surface area (Å²) >= 11 is 1.64. The largest absolute Gasteiger partial charge is 0.490 e. The molecule has 1 fully saturated rings. The van der Waals surface area contributed by atoms with Crippen molar-refractivity contribution in [2.45, 2.75) is 44.4 Å². The lowest BCUT2D eigenvalue weighted by molar-refractivity contribution is -0.192. The highest BCUT2D eigenvalue weighted by Gasteiger charge is 2.38. The third kappa shape index (κ3) is 6.07. The van der Waals surface area contributed by atoms with Crippen molar-refractivity contribution >= 4 is 23.2 Å². The van der Waals surface area contributed by atoms with Gasteiger partial charge in [0.1, 0.15) is 0 Å². The van der Waals surface area contributed by atoms with Crippen LogP contribution in [0.15, 0.2) is 23.7 Å². The minimum Gasteiger partial charge on any atom is -0.475 e. The van der Waals surface area contributed by atoms with E-state index in [1.54, 1.807) is 18.4 Å². The molecule has 1 amide bonds. The normalized spacial score (nSPS) is 18.2. The van der Waals surface area contributed by atoms with Gasteiger partial charge in [-0.15, -0.1) is 11.3 Å². The minimum absolute atomic E-state index is 0.0209. The Balaban J connectivity index is 0.000000339. The standard InChI is InChI=1S/C18H23N3O2S.C2HF3O2/c1-23-12-16-18-14(10-19-21(18)11-13-4-5-13)6-7-20(16)17(22)9-15-3-2-8-24-15;3-2(4,5)1(6)7/h2-3,8,10,13,16H,4-7,9,11-12H2,1H3;(H,6,7). The Morgan fingerprint density at radius 2 is 2.06 bits per heavy atom. The monoisotopic (exact) mass is 459 g/mol. The predicted molar refractivity (Wildman–Crippen MR) is 107 cm³/mol. The Bertz CT molecular complexity index is 894. The van der Waals surface area contributed by atoms with Crippen LogP contribution >= 0.6 is 11.3 Å². The second-order valence-corrected chi connectivity index (χ2v) is 8.58. The SMILES string of the molecule is COCC1c2c(cnn2CC2CC2)CCN1C(=O)Cc1cccs1.O=C(O)C(F)(F)F. The summed E-state index contributed by atoms with van der Waals surface area (Å²) in [5.41, 5.74) is 2.47. The summed E-state index contributed by atoms with van der Waals surface area (Å²) in [7, 11) is 1.71. The molecule has 1 atom stereocenters. The van der Waals surface area contributed by atoms with Gasteiger partial charge in [0.05, 0.1) is 31.0 Å². The number of aliphatic carboxylic acids is 1. The van der Waals surface area contributed by atoms with Crippen molar-refractivity contribution < 1.29 is 32.6 Å². The minimum atomic E-state index is -5.08. The molecule has 2 aromatic heterocycles. The molecule has 1 aliphatic heterocycles. The van der Waals surface area contributed by atoms with E-state index in [0.29, 0.717) is 13.0 Å². The summed E-state index contributed by atoms with van der Waals surface area (Å²) in [5, 5.41) is 13.8. The number of alkyl halides is 3. The summed E-state index contributed by atoms with van der Waals surface area (Å²) in [6.45, 7) is 2.25. The van der Waals surface area contributed by atoms with Gasteiger partial charge < -0.3 is 14.7 Å². The lowest BCUT2D eigenvalue weighted by Crippen LogP contribution is -2.43. The van der Waals surface area contributed by atoms with Gasteiger partial charge >= 0.3 is 12.1 Å². The number of fused-ring (bicyclic) bond motifs is 1. The number of ether oxygens (including phenoxy) is 1. The smallest absolute Gasteiger partial charge is 0.475 e. The number of nitrogens with zero attached hydrogens (tertiary/aromatic N) is 3. The molecule has 2 aromatic rings. The fraction of sp³-hybridized carbons (Fsp3) is 0.550. The van der Waals surface area contributed by atoms with E-state index >= 15 is 0 Å². The number of carboxylic acids is 1. The van der Waals surface area contributed by atoms with Crippen molar-refractivity contribution in [1.82, 2.24) is 14.7 Å². The number of carboxylic acid groups (broad SMARTS) is 1. The summed E-state index contributed by atoms with van der Waals surface area (Å²) in [4.78, 5) is 24.9. The second-order valence-electron chi connectivity index (χ2n) is 7.55. The van der Waals surface area contributed by atoms with Gasteiger partial charge in [0.2, 0.25) is 5.91 Å². The molecule has 11 heteroatoms. The maximum absolute atomic E-state index is 12.9. The molecule has 0 spiro atoms. The fourth-order valence-electron chi connectivity index (χ4n) is 3.54. The molecule has 7 nitrogen and oxygen atoms in total. The molecule has 4 rings (SSSR count). The average molecular weight is 459 g/mol. The molecule has 3 heterocycles. The number of carbonyl (C=O) groups is 2. The molecule has 0 bridgehead atoms. The van der Waals surface area contributed by atoms with Crippen LogP contribution in [0.25, 0.3) is 0 Å². The van der Waals surface area contributed by atoms with Crippen molar-refractivity contribution in [3.8, 4) is 0 Å². The summed E-state index contributed by atoms with van der Waals surface area (Å²) < 4.78 is 39.3. The number of aromatic nitrogens is 2. The lowest BCUT2D eigenvalue weighted by atomic mass is 9.99. The zero-order valence-corrected chi connectivity index (χ0v) is 17.8. The first-order chi connectivity index (χ1) is 14.7. The summed E-state index contributed by atoms with van der Waals surface area (Å²) in [6, 6.07) is 4.01. The highest BCUT2D eigenvalue weighted by atomic mass is 32.1. The van der Waals surface area contributed by atoms with E-state index < -0.39 is 12.1 Å². The summed E-state index contributed by atoms with van der Waals surface area (Å²) in [6.07, 6.45) is 0.858. The van der Waals surface area contributed by atoms with Crippen molar-refractivity contribution in [3.63, 3.8) is 0 Å². The highest BCUT2D eigenvalue weighted by Crippen LogP contribution is 2.35. The van der Waals surface area contributed by atoms with Crippen LogP contribution in [0.2, 0.25) is 0 Å². The number of carbonyl (C=O) groups excluding carboxylic acids is 1. The third-order valence-corrected chi connectivity index (χ3v) is 6.07. The molecule has 31 heavy (non-hydrogen) atoms. The molecule has 0 radical (unpaired) electrons. The maximum Gasteiger partial charge on any atom is 0.490 e. The molecule has 1 aliphatic carbocycles. The van der Waals surface area contributed by atoms with Crippen molar-refractivity contribution in [2.75, 3.05) is 20.3 Å². The van der Waals surface area contributed by atoms with E-state index in [9.17, 15) is 18.0 Å². The van der Waals surface area contributed by atoms with Gasteiger partial charge in [-0.1, -0.05) is 6.07 Å². The molecule has 1 N–H and O–H groups in total. The number of rotatable bonds is 6. The van der Waals surface area contributed by atoms with E-state index in [1.165, 1.54) is 24.1 Å². The molecule has 170 valence electrons. The van der Waals surface area contributed by atoms with E-state index in [-0.39, 0.29) is 11.9 Å². The second kappa shape index (κ2) is 9.82. The van der Waals surface area contributed by atoms with Gasteiger partial charge in [-0.05, 0) is 42.2 Å². The molecule has 1 unspecified atom stereocenters. The number of hydrogen-bond donors (Lipinski definition) is 1. The summed E-state index contributed by atoms with van der Waals surface area (Å²) in [5.74, 6) is -1.81.